The fourth-order valence-corrected chi connectivity index (χ4v) is 5.83. The van der Waals surface area contributed by atoms with Gasteiger partial charge in [-0.05, 0) is 85.5 Å². The van der Waals surface area contributed by atoms with E-state index in [2.05, 4.69) is 70.8 Å². The van der Waals surface area contributed by atoms with Crippen molar-refractivity contribution in [1.29, 1.82) is 0 Å². The Morgan fingerprint density at radius 2 is 1.74 bits per heavy atom. The zero-order valence-electron chi connectivity index (χ0n) is 19.7. The van der Waals surface area contributed by atoms with Crippen molar-refractivity contribution in [2.45, 2.75) is 51.3 Å². The number of rotatable bonds is 6. The summed E-state index contributed by atoms with van der Waals surface area (Å²) in [6.07, 6.45) is 5.64. The molecule has 35 heavy (non-hydrogen) atoms. The molecule has 0 aliphatic heterocycles. The third kappa shape index (κ3) is 4.61. The van der Waals surface area contributed by atoms with Gasteiger partial charge >= 0.3 is 0 Å². The Morgan fingerprint density at radius 3 is 2.60 bits per heavy atom. The minimum atomic E-state index is -0.153. The lowest BCUT2D eigenvalue weighted by molar-refractivity contribution is 0.126. The van der Waals surface area contributed by atoms with Crippen molar-refractivity contribution >= 4 is 49.2 Å². The molecule has 0 bridgehead atoms. The molecule has 1 saturated carbocycles. The first-order chi connectivity index (χ1) is 17.1. The highest BCUT2D eigenvalue weighted by atomic mass is 32.1. The summed E-state index contributed by atoms with van der Waals surface area (Å²) in [5.41, 5.74) is 4.65. The fourth-order valence-electron chi connectivity index (χ4n) is 4.92. The highest BCUT2D eigenvalue weighted by Gasteiger charge is 2.19. The SMILES string of the molecule is CCn1ccc2ccc(-c3ccc4nc(Nc5cccc(N[C@H]6CC[C@H](O)CC6)n5)sc4c3)cc21. The molecule has 6 rings (SSSR count). The average molecular weight is 484 g/mol. The minimum absolute atomic E-state index is 0.153. The van der Waals surface area contributed by atoms with Gasteiger partial charge in [-0.1, -0.05) is 35.6 Å². The molecule has 0 atom stereocenters. The standard InChI is InChI=1S/C28H29N5OS/c1-2-33-15-14-18-6-7-19(16-24(18)33)20-8-13-23-25(17-20)35-28(30-23)32-27-5-3-4-26(31-27)29-21-9-11-22(34)12-10-21/h3-8,13-17,21-22,34H,2,9-12H2,1H3,(H2,29,30,31,32)/t21-,22-. The summed E-state index contributed by atoms with van der Waals surface area (Å²) in [6, 6.07) is 21.6. The van der Waals surface area contributed by atoms with E-state index in [1.165, 1.54) is 22.0 Å². The lowest BCUT2D eigenvalue weighted by Crippen LogP contribution is -2.28. The molecule has 5 aromatic rings. The highest BCUT2D eigenvalue weighted by molar-refractivity contribution is 7.22. The predicted octanol–water partition coefficient (Wildman–Crippen LogP) is 6.79. The number of hydrogen-bond acceptors (Lipinski definition) is 6. The smallest absolute Gasteiger partial charge is 0.189 e. The summed E-state index contributed by atoms with van der Waals surface area (Å²) < 4.78 is 3.42. The van der Waals surface area contributed by atoms with E-state index in [0.29, 0.717) is 6.04 Å². The fraction of sp³-hybridized carbons (Fsp3) is 0.286. The summed E-state index contributed by atoms with van der Waals surface area (Å²) in [6.45, 7) is 3.14. The Kier molecular flexibility index (Phi) is 5.88. The van der Waals surface area contributed by atoms with Crippen LogP contribution in [0.15, 0.2) is 66.9 Å². The van der Waals surface area contributed by atoms with Crippen molar-refractivity contribution in [2.75, 3.05) is 10.6 Å². The van der Waals surface area contributed by atoms with Crippen LogP contribution >= 0.6 is 11.3 Å². The van der Waals surface area contributed by atoms with Gasteiger partial charge in [0, 0.05) is 24.3 Å². The first-order valence-corrected chi connectivity index (χ1v) is 13.1. The Hall–Kier alpha value is -3.42. The molecule has 7 heteroatoms. The number of hydrogen-bond donors (Lipinski definition) is 3. The quantitative estimate of drug-likeness (QED) is 0.248. The van der Waals surface area contributed by atoms with Crippen LogP contribution in [0.3, 0.4) is 0 Å². The molecule has 0 saturated heterocycles. The third-order valence-corrected chi connectivity index (χ3v) is 7.80. The maximum atomic E-state index is 9.74. The lowest BCUT2D eigenvalue weighted by Gasteiger charge is -2.26. The number of benzene rings is 2. The molecule has 0 amide bonds. The van der Waals surface area contributed by atoms with Gasteiger partial charge in [-0.3, -0.25) is 0 Å². The molecule has 0 spiro atoms. The Morgan fingerprint density at radius 1 is 0.943 bits per heavy atom. The molecule has 2 aromatic carbocycles. The second kappa shape index (κ2) is 9.32. The number of pyridine rings is 1. The zero-order valence-corrected chi connectivity index (χ0v) is 20.6. The molecule has 0 unspecified atom stereocenters. The second-order valence-electron chi connectivity index (χ2n) is 9.26. The molecule has 3 N–H and O–H groups in total. The van der Waals surface area contributed by atoms with E-state index in [0.717, 1.165) is 59.2 Å². The van der Waals surface area contributed by atoms with Crippen LogP contribution in [0.2, 0.25) is 0 Å². The summed E-state index contributed by atoms with van der Waals surface area (Å²) in [5.74, 6) is 1.63. The monoisotopic (exact) mass is 483 g/mol. The van der Waals surface area contributed by atoms with Crippen LogP contribution < -0.4 is 10.6 Å². The van der Waals surface area contributed by atoms with Crippen molar-refractivity contribution in [3.05, 3.63) is 66.9 Å². The molecule has 3 heterocycles. The van der Waals surface area contributed by atoms with Crippen LogP contribution in [0, 0.1) is 0 Å². The lowest BCUT2D eigenvalue weighted by atomic mass is 9.93. The van der Waals surface area contributed by atoms with E-state index in [1.807, 2.05) is 18.2 Å². The summed E-state index contributed by atoms with van der Waals surface area (Å²) in [4.78, 5) is 9.52. The molecule has 6 nitrogen and oxygen atoms in total. The summed E-state index contributed by atoms with van der Waals surface area (Å²) in [7, 11) is 0. The molecule has 1 aliphatic rings. The predicted molar refractivity (Wildman–Crippen MR) is 146 cm³/mol. The molecule has 178 valence electrons. The van der Waals surface area contributed by atoms with Crippen LogP contribution in [0.25, 0.3) is 32.2 Å². The van der Waals surface area contributed by atoms with Crippen LogP contribution in [-0.2, 0) is 6.54 Å². The van der Waals surface area contributed by atoms with Gasteiger partial charge in [0.15, 0.2) is 5.13 Å². The van der Waals surface area contributed by atoms with Crippen molar-refractivity contribution in [3.8, 4) is 11.1 Å². The Labute approximate surface area is 208 Å². The normalized spacial score (nSPS) is 18.2. The number of nitrogens with one attached hydrogen (secondary N) is 2. The van der Waals surface area contributed by atoms with Crippen LogP contribution in [0.4, 0.5) is 16.8 Å². The first kappa shape index (κ1) is 22.1. The molecular weight excluding hydrogens is 454 g/mol. The maximum absolute atomic E-state index is 9.74. The first-order valence-electron chi connectivity index (χ1n) is 12.3. The van der Waals surface area contributed by atoms with E-state index in [4.69, 9.17) is 9.97 Å². The van der Waals surface area contributed by atoms with Crippen molar-refractivity contribution in [3.63, 3.8) is 0 Å². The number of nitrogens with zero attached hydrogens (tertiary/aromatic N) is 3. The summed E-state index contributed by atoms with van der Waals surface area (Å²) in [5, 5.41) is 18.7. The van der Waals surface area contributed by atoms with Gasteiger partial charge in [0.2, 0.25) is 0 Å². The van der Waals surface area contributed by atoms with Gasteiger partial charge in [-0.2, -0.15) is 0 Å². The van der Waals surface area contributed by atoms with Gasteiger partial charge in [-0.15, -0.1) is 0 Å². The molecule has 1 fully saturated rings. The number of aliphatic hydroxyl groups is 1. The van der Waals surface area contributed by atoms with E-state index in [9.17, 15) is 5.11 Å². The van der Waals surface area contributed by atoms with E-state index < -0.39 is 0 Å². The van der Waals surface area contributed by atoms with Crippen molar-refractivity contribution < 1.29 is 5.11 Å². The van der Waals surface area contributed by atoms with Gasteiger partial charge < -0.3 is 20.3 Å². The Balaban J connectivity index is 1.21. The van der Waals surface area contributed by atoms with Gasteiger partial charge in [0.25, 0.3) is 0 Å². The number of aryl methyl sites for hydroxylation is 1. The topological polar surface area (TPSA) is 75.0 Å². The zero-order chi connectivity index (χ0) is 23.8. The van der Waals surface area contributed by atoms with E-state index in [1.54, 1.807) is 11.3 Å². The van der Waals surface area contributed by atoms with Gasteiger partial charge in [0.05, 0.1) is 16.3 Å². The number of anilines is 3. The van der Waals surface area contributed by atoms with Crippen molar-refractivity contribution in [1.82, 2.24) is 14.5 Å². The summed E-state index contributed by atoms with van der Waals surface area (Å²) >= 11 is 1.64. The molecule has 0 radical (unpaired) electrons. The highest BCUT2D eigenvalue weighted by Crippen LogP contribution is 2.33. The van der Waals surface area contributed by atoms with Crippen molar-refractivity contribution in [2.24, 2.45) is 0 Å². The molecule has 1 aliphatic carbocycles. The maximum Gasteiger partial charge on any atom is 0.189 e. The van der Waals surface area contributed by atoms with E-state index >= 15 is 0 Å². The number of aromatic nitrogens is 3. The van der Waals surface area contributed by atoms with Crippen LogP contribution in [-0.4, -0.2) is 31.8 Å². The molecular formula is C28H29N5OS. The Bertz CT molecular complexity index is 1480. The average Bonchev–Trinajstić information content (AvgIpc) is 3.47. The molecule has 3 aromatic heterocycles. The number of aliphatic hydroxyl groups excluding tert-OH is 1. The second-order valence-corrected chi connectivity index (χ2v) is 10.3. The van der Waals surface area contributed by atoms with Gasteiger partial charge in [-0.25, -0.2) is 9.97 Å². The number of fused-ring (bicyclic) bond motifs is 2. The largest absolute Gasteiger partial charge is 0.393 e. The van der Waals surface area contributed by atoms with E-state index in [-0.39, 0.29) is 6.10 Å². The third-order valence-electron chi connectivity index (χ3n) is 6.87. The van der Waals surface area contributed by atoms with Crippen LogP contribution in [0.1, 0.15) is 32.6 Å². The van der Waals surface area contributed by atoms with Gasteiger partial charge in [0.1, 0.15) is 11.6 Å². The van der Waals surface area contributed by atoms with Crippen LogP contribution in [0.5, 0.6) is 0 Å². The number of thiazole rings is 1. The minimum Gasteiger partial charge on any atom is -0.393 e.